The molecule has 78 valence electrons. The van der Waals surface area contributed by atoms with Crippen molar-refractivity contribution in [2.45, 2.75) is 18.9 Å². The molecule has 1 aromatic heterocycles. The quantitative estimate of drug-likeness (QED) is 0.549. The highest BCUT2D eigenvalue weighted by Crippen LogP contribution is 2.19. The van der Waals surface area contributed by atoms with E-state index < -0.39 is 0 Å². The molecular formula is C10H16N2O2. The molecule has 4 nitrogen and oxygen atoms in total. The first-order valence-electron chi connectivity index (χ1n) is 4.96. The summed E-state index contributed by atoms with van der Waals surface area (Å²) in [6, 6.07) is 4.12. The van der Waals surface area contributed by atoms with Crippen LogP contribution in [0, 0.1) is 5.92 Å². The summed E-state index contributed by atoms with van der Waals surface area (Å²) in [5.74, 6) is 7.00. The summed E-state index contributed by atoms with van der Waals surface area (Å²) in [7, 11) is 0. The molecule has 1 aromatic rings. The monoisotopic (exact) mass is 196 g/mol. The molecule has 1 aliphatic heterocycles. The lowest BCUT2D eigenvalue weighted by Crippen LogP contribution is -2.42. The Morgan fingerprint density at radius 3 is 3.14 bits per heavy atom. The fraction of sp³-hybridized carbons (Fsp3) is 0.600. The molecule has 1 saturated heterocycles. The molecule has 0 radical (unpaired) electrons. The third-order valence-electron chi connectivity index (χ3n) is 2.75. The average Bonchev–Trinajstić information content (AvgIpc) is 2.86. The number of hydrogen-bond donors (Lipinski definition) is 2. The number of nitrogens with two attached hydrogens (primary N) is 1. The van der Waals surface area contributed by atoms with Crippen molar-refractivity contribution in [2.24, 2.45) is 11.8 Å². The molecule has 2 atom stereocenters. The summed E-state index contributed by atoms with van der Waals surface area (Å²) in [6.07, 6.45) is 3.60. The molecule has 14 heavy (non-hydrogen) atoms. The maximum Gasteiger partial charge on any atom is 0.105 e. The molecule has 2 heterocycles. The van der Waals surface area contributed by atoms with Gasteiger partial charge in [-0.05, 0) is 18.6 Å². The van der Waals surface area contributed by atoms with E-state index in [2.05, 4.69) is 5.43 Å². The van der Waals surface area contributed by atoms with Gasteiger partial charge < -0.3 is 9.15 Å². The van der Waals surface area contributed by atoms with Gasteiger partial charge in [-0.15, -0.1) is 0 Å². The number of ether oxygens (including phenoxy) is 1. The molecular weight excluding hydrogens is 180 g/mol. The van der Waals surface area contributed by atoms with Crippen LogP contribution in [0.1, 0.15) is 12.2 Å². The van der Waals surface area contributed by atoms with Crippen molar-refractivity contribution < 1.29 is 9.15 Å². The molecule has 0 aliphatic carbocycles. The minimum Gasteiger partial charge on any atom is -0.469 e. The summed E-state index contributed by atoms with van der Waals surface area (Å²) < 4.78 is 10.6. The summed E-state index contributed by atoms with van der Waals surface area (Å²) in [5.41, 5.74) is 2.84. The maximum absolute atomic E-state index is 5.52. The van der Waals surface area contributed by atoms with Crippen molar-refractivity contribution in [1.82, 2.24) is 5.43 Å². The van der Waals surface area contributed by atoms with Crippen LogP contribution < -0.4 is 11.3 Å². The second kappa shape index (κ2) is 4.59. The van der Waals surface area contributed by atoms with Crippen LogP contribution in [0.5, 0.6) is 0 Å². The second-order valence-electron chi connectivity index (χ2n) is 3.68. The Kier molecular flexibility index (Phi) is 3.18. The lowest BCUT2D eigenvalue weighted by molar-refractivity contribution is 0.175. The standard InChI is InChI=1S/C10H16N2O2/c11-12-10(8-3-5-13-7-8)6-9-2-1-4-14-9/h1-2,4,8,10,12H,3,5-7,11H2. The zero-order chi connectivity index (χ0) is 9.80. The fourth-order valence-corrected chi connectivity index (χ4v) is 1.88. The van der Waals surface area contributed by atoms with E-state index in [1.165, 1.54) is 0 Å². The number of nitrogens with one attached hydrogen (secondary N) is 1. The van der Waals surface area contributed by atoms with E-state index in [-0.39, 0.29) is 6.04 Å². The van der Waals surface area contributed by atoms with Gasteiger partial charge in [0.2, 0.25) is 0 Å². The topological polar surface area (TPSA) is 60.4 Å². The third kappa shape index (κ3) is 2.15. The van der Waals surface area contributed by atoms with Gasteiger partial charge in [0.05, 0.1) is 12.9 Å². The summed E-state index contributed by atoms with van der Waals surface area (Å²) in [6.45, 7) is 1.65. The largest absolute Gasteiger partial charge is 0.469 e. The second-order valence-corrected chi connectivity index (χ2v) is 3.68. The van der Waals surface area contributed by atoms with E-state index in [9.17, 15) is 0 Å². The van der Waals surface area contributed by atoms with Crippen molar-refractivity contribution in [2.75, 3.05) is 13.2 Å². The zero-order valence-corrected chi connectivity index (χ0v) is 8.11. The van der Waals surface area contributed by atoms with Crippen LogP contribution >= 0.6 is 0 Å². The molecule has 4 heteroatoms. The van der Waals surface area contributed by atoms with Gasteiger partial charge in [0, 0.05) is 25.0 Å². The van der Waals surface area contributed by atoms with E-state index in [1.54, 1.807) is 6.26 Å². The van der Waals surface area contributed by atoms with Crippen LogP contribution in [-0.4, -0.2) is 19.3 Å². The zero-order valence-electron chi connectivity index (χ0n) is 8.11. The first kappa shape index (κ1) is 9.71. The molecule has 1 aliphatic rings. The Bertz CT molecular complexity index is 255. The highest BCUT2D eigenvalue weighted by Gasteiger charge is 2.25. The Hall–Kier alpha value is -0.840. The van der Waals surface area contributed by atoms with Crippen molar-refractivity contribution >= 4 is 0 Å². The SMILES string of the molecule is NNC(Cc1ccco1)C1CCOC1. The highest BCUT2D eigenvalue weighted by molar-refractivity contribution is 5.01. The van der Waals surface area contributed by atoms with Gasteiger partial charge in [-0.1, -0.05) is 0 Å². The van der Waals surface area contributed by atoms with Gasteiger partial charge in [-0.3, -0.25) is 11.3 Å². The molecule has 0 bridgehead atoms. The number of hydrazine groups is 1. The van der Waals surface area contributed by atoms with Crippen LogP contribution in [0.15, 0.2) is 22.8 Å². The molecule has 0 spiro atoms. The molecule has 0 aromatic carbocycles. The predicted molar refractivity (Wildman–Crippen MR) is 52.4 cm³/mol. The van der Waals surface area contributed by atoms with Crippen LogP contribution in [0.25, 0.3) is 0 Å². The maximum atomic E-state index is 5.52. The van der Waals surface area contributed by atoms with Crippen LogP contribution in [0.3, 0.4) is 0 Å². The van der Waals surface area contributed by atoms with E-state index in [4.69, 9.17) is 15.0 Å². The van der Waals surface area contributed by atoms with Crippen LogP contribution in [0.4, 0.5) is 0 Å². The number of furan rings is 1. The summed E-state index contributed by atoms with van der Waals surface area (Å²) >= 11 is 0. The van der Waals surface area contributed by atoms with Gasteiger partial charge >= 0.3 is 0 Å². The Morgan fingerprint density at radius 2 is 2.57 bits per heavy atom. The minimum absolute atomic E-state index is 0.253. The Balaban J connectivity index is 1.92. The molecule has 1 fully saturated rings. The number of rotatable bonds is 4. The first-order valence-corrected chi connectivity index (χ1v) is 4.96. The van der Waals surface area contributed by atoms with Crippen molar-refractivity contribution in [3.63, 3.8) is 0 Å². The van der Waals surface area contributed by atoms with Crippen LogP contribution in [-0.2, 0) is 11.2 Å². The summed E-state index contributed by atoms with van der Waals surface area (Å²) in [5, 5.41) is 0. The number of hydrogen-bond acceptors (Lipinski definition) is 4. The van der Waals surface area contributed by atoms with Gasteiger partial charge in [0.15, 0.2) is 0 Å². The first-order chi connectivity index (χ1) is 6.90. The van der Waals surface area contributed by atoms with Crippen molar-refractivity contribution in [3.05, 3.63) is 24.2 Å². The molecule has 0 amide bonds. The summed E-state index contributed by atoms with van der Waals surface area (Å²) in [4.78, 5) is 0. The Morgan fingerprint density at radius 1 is 1.64 bits per heavy atom. The average molecular weight is 196 g/mol. The normalized spacial score (nSPS) is 23.9. The van der Waals surface area contributed by atoms with E-state index in [1.807, 2.05) is 12.1 Å². The lowest BCUT2D eigenvalue weighted by atomic mass is 9.96. The minimum atomic E-state index is 0.253. The van der Waals surface area contributed by atoms with Gasteiger partial charge in [0.25, 0.3) is 0 Å². The smallest absolute Gasteiger partial charge is 0.105 e. The van der Waals surface area contributed by atoms with Gasteiger partial charge in [0.1, 0.15) is 5.76 Å². The van der Waals surface area contributed by atoms with Gasteiger partial charge in [-0.2, -0.15) is 0 Å². The van der Waals surface area contributed by atoms with Gasteiger partial charge in [-0.25, -0.2) is 0 Å². The van der Waals surface area contributed by atoms with E-state index in [0.717, 1.165) is 31.8 Å². The lowest BCUT2D eigenvalue weighted by Gasteiger charge is -2.20. The van der Waals surface area contributed by atoms with E-state index in [0.29, 0.717) is 5.92 Å². The fourth-order valence-electron chi connectivity index (χ4n) is 1.88. The van der Waals surface area contributed by atoms with E-state index >= 15 is 0 Å². The van der Waals surface area contributed by atoms with Crippen LogP contribution in [0.2, 0.25) is 0 Å². The predicted octanol–water partition coefficient (Wildman–Crippen LogP) is 0.690. The van der Waals surface area contributed by atoms with Crippen molar-refractivity contribution in [1.29, 1.82) is 0 Å². The third-order valence-corrected chi connectivity index (χ3v) is 2.75. The Labute approximate surface area is 83.4 Å². The highest BCUT2D eigenvalue weighted by atomic mass is 16.5. The molecule has 0 saturated carbocycles. The molecule has 2 unspecified atom stereocenters. The van der Waals surface area contributed by atoms with Crippen molar-refractivity contribution in [3.8, 4) is 0 Å². The molecule has 3 N–H and O–H groups in total. The molecule has 2 rings (SSSR count).